The summed E-state index contributed by atoms with van der Waals surface area (Å²) in [5, 5.41) is 5.20. The number of benzene rings is 1. The number of hydrogen-bond donors (Lipinski definition) is 0. The molecule has 3 rings (SSSR count). The van der Waals surface area contributed by atoms with Crippen molar-refractivity contribution in [2.45, 2.75) is 6.92 Å². The van der Waals surface area contributed by atoms with Gasteiger partial charge in [0.05, 0.1) is 13.3 Å². The standard InChI is InChI=1S/C17H17N3O4/c1-12-6-7-15(24-12)9-18-20-11-16(21)19(10-17(20)22)13-4-3-5-14(8-13)23-2/h3-9H,10-11H2,1-2H3/b18-9+. The SMILES string of the molecule is COc1cccc(N2CC(=O)N(/N=C/c3ccc(C)o3)CC2=O)c1. The third-order valence-electron chi connectivity index (χ3n) is 3.62. The monoisotopic (exact) mass is 327 g/mol. The first-order valence-electron chi connectivity index (χ1n) is 7.42. The van der Waals surface area contributed by atoms with Crippen molar-refractivity contribution in [3.63, 3.8) is 0 Å². The predicted octanol–water partition coefficient (Wildman–Crippen LogP) is 1.81. The van der Waals surface area contributed by atoms with Gasteiger partial charge in [0.25, 0.3) is 5.91 Å². The van der Waals surface area contributed by atoms with Crippen molar-refractivity contribution < 1.29 is 18.7 Å². The van der Waals surface area contributed by atoms with E-state index in [9.17, 15) is 9.59 Å². The molecule has 1 aromatic carbocycles. The van der Waals surface area contributed by atoms with Gasteiger partial charge in [-0.3, -0.25) is 9.59 Å². The molecule has 2 amide bonds. The molecule has 7 heteroatoms. The highest BCUT2D eigenvalue weighted by atomic mass is 16.5. The summed E-state index contributed by atoms with van der Waals surface area (Å²) < 4.78 is 10.5. The third-order valence-corrected chi connectivity index (χ3v) is 3.62. The normalized spacial score (nSPS) is 15.4. The molecule has 1 fully saturated rings. The number of nitrogens with zero attached hydrogens (tertiary/aromatic N) is 3. The first-order chi connectivity index (χ1) is 11.6. The number of hydrogen-bond acceptors (Lipinski definition) is 5. The zero-order chi connectivity index (χ0) is 17.1. The molecule has 0 bridgehead atoms. The summed E-state index contributed by atoms with van der Waals surface area (Å²) in [6.07, 6.45) is 1.43. The van der Waals surface area contributed by atoms with E-state index in [2.05, 4.69) is 5.10 Å². The van der Waals surface area contributed by atoms with Crippen LogP contribution in [-0.2, 0) is 9.59 Å². The molecule has 24 heavy (non-hydrogen) atoms. The first-order valence-corrected chi connectivity index (χ1v) is 7.42. The van der Waals surface area contributed by atoms with Gasteiger partial charge < -0.3 is 14.1 Å². The van der Waals surface area contributed by atoms with E-state index in [0.717, 1.165) is 10.8 Å². The van der Waals surface area contributed by atoms with Gasteiger partial charge in [-0.15, -0.1) is 0 Å². The van der Waals surface area contributed by atoms with Crippen molar-refractivity contribution in [3.05, 3.63) is 47.9 Å². The quantitative estimate of drug-likeness (QED) is 0.803. The molecule has 2 heterocycles. The molecule has 0 unspecified atom stereocenters. The second-order valence-corrected chi connectivity index (χ2v) is 5.33. The Morgan fingerprint density at radius 1 is 1.17 bits per heavy atom. The highest BCUT2D eigenvalue weighted by Crippen LogP contribution is 2.23. The van der Waals surface area contributed by atoms with Gasteiger partial charge in [-0.1, -0.05) is 6.07 Å². The first kappa shape index (κ1) is 15.8. The maximum atomic E-state index is 12.4. The van der Waals surface area contributed by atoms with Crippen LogP contribution in [0.3, 0.4) is 0 Å². The number of anilines is 1. The smallest absolute Gasteiger partial charge is 0.263 e. The van der Waals surface area contributed by atoms with Gasteiger partial charge in [0, 0.05) is 11.8 Å². The average Bonchev–Trinajstić information content (AvgIpc) is 3.00. The summed E-state index contributed by atoms with van der Waals surface area (Å²) in [5.41, 5.74) is 0.623. The molecule has 0 spiro atoms. The van der Waals surface area contributed by atoms with Crippen LogP contribution in [0.2, 0.25) is 0 Å². The summed E-state index contributed by atoms with van der Waals surface area (Å²) in [4.78, 5) is 26.0. The Morgan fingerprint density at radius 3 is 2.71 bits per heavy atom. The minimum absolute atomic E-state index is 0.0689. The van der Waals surface area contributed by atoms with E-state index in [-0.39, 0.29) is 24.9 Å². The number of methoxy groups -OCH3 is 1. The highest BCUT2D eigenvalue weighted by Gasteiger charge is 2.30. The summed E-state index contributed by atoms with van der Waals surface area (Å²) in [5.74, 6) is 1.43. The Kier molecular flexibility index (Phi) is 4.33. The predicted molar refractivity (Wildman–Crippen MR) is 88.1 cm³/mol. The molecule has 0 atom stereocenters. The van der Waals surface area contributed by atoms with E-state index in [0.29, 0.717) is 17.2 Å². The fourth-order valence-electron chi connectivity index (χ4n) is 2.37. The van der Waals surface area contributed by atoms with Gasteiger partial charge in [0.2, 0.25) is 5.91 Å². The lowest BCUT2D eigenvalue weighted by molar-refractivity contribution is -0.138. The zero-order valence-electron chi connectivity index (χ0n) is 13.4. The zero-order valence-corrected chi connectivity index (χ0v) is 13.4. The Morgan fingerprint density at radius 2 is 2.00 bits per heavy atom. The summed E-state index contributed by atoms with van der Waals surface area (Å²) >= 11 is 0. The third kappa shape index (κ3) is 3.29. The van der Waals surface area contributed by atoms with Crippen LogP contribution in [0.4, 0.5) is 5.69 Å². The van der Waals surface area contributed by atoms with Crippen LogP contribution < -0.4 is 9.64 Å². The molecule has 1 aromatic heterocycles. The lowest BCUT2D eigenvalue weighted by Gasteiger charge is -2.31. The van der Waals surface area contributed by atoms with Crippen LogP contribution in [0.15, 0.2) is 45.9 Å². The van der Waals surface area contributed by atoms with E-state index in [1.165, 1.54) is 11.1 Å². The number of rotatable bonds is 4. The van der Waals surface area contributed by atoms with Crippen molar-refractivity contribution in [1.29, 1.82) is 0 Å². The Balaban J connectivity index is 1.73. The van der Waals surface area contributed by atoms with Crippen LogP contribution in [0.25, 0.3) is 0 Å². The fourth-order valence-corrected chi connectivity index (χ4v) is 2.37. The molecule has 1 saturated heterocycles. The van der Waals surface area contributed by atoms with Gasteiger partial charge in [-0.25, -0.2) is 5.01 Å². The number of ether oxygens (including phenoxy) is 1. The minimum atomic E-state index is -0.267. The number of piperazine rings is 1. The Hall–Kier alpha value is -3.09. The molecule has 124 valence electrons. The van der Waals surface area contributed by atoms with Crippen molar-refractivity contribution in [2.24, 2.45) is 5.10 Å². The van der Waals surface area contributed by atoms with Crippen molar-refractivity contribution in [1.82, 2.24) is 5.01 Å². The molecule has 7 nitrogen and oxygen atoms in total. The molecule has 0 radical (unpaired) electrons. The second kappa shape index (κ2) is 6.57. The number of carbonyl (C=O) groups is 2. The van der Waals surface area contributed by atoms with E-state index >= 15 is 0 Å². The van der Waals surface area contributed by atoms with Crippen LogP contribution in [0.1, 0.15) is 11.5 Å². The average molecular weight is 327 g/mol. The van der Waals surface area contributed by atoms with E-state index in [1.54, 1.807) is 43.5 Å². The number of aryl methyl sites for hydroxylation is 1. The molecule has 1 aliphatic rings. The lowest BCUT2D eigenvalue weighted by Crippen LogP contribution is -2.52. The second-order valence-electron chi connectivity index (χ2n) is 5.33. The number of furan rings is 1. The maximum Gasteiger partial charge on any atom is 0.263 e. The molecule has 0 N–H and O–H groups in total. The van der Waals surface area contributed by atoms with Crippen molar-refractivity contribution in [2.75, 3.05) is 25.1 Å². The van der Waals surface area contributed by atoms with Crippen LogP contribution in [0.5, 0.6) is 5.75 Å². The van der Waals surface area contributed by atoms with Gasteiger partial charge in [0.1, 0.15) is 30.4 Å². The maximum absolute atomic E-state index is 12.4. The number of carbonyl (C=O) groups excluding carboxylic acids is 2. The van der Waals surface area contributed by atoms with E-state index in [4.69, 9.17) is 9.15 Å². The lowest BCUT2D eigenvalue weighted by atomic mass is 10.2. The van der Waals surface area contributed by atoms with Crippen LogP contribution in [-0.4, -0.2) is 43.2 Å². The molecule has 2 aromatic rings. The largest absolute Gasteiger partial charge is 0.497 e. The van der Waals surface area contributed by atoms with Gasteiger partial charge in [-0.05, 0) is 31.2 Å². The molecule has 1 aliphatic heterocycles. The summed E-state index contributed by atoms with van der Waals surface area (Å²) in [6, 6.07) is 10.6. The van der Waals surface area contributed by atoms with Gasteiger partial charge in [-0.2, -0.15) is 5.10 Å². The van der Waals surface area contributed by atoms with Crippen molar-refractivity contribution >= 4 is 23.7 Å². The molecular formula is C17H17N3O4. The van der Waals surface area contributed by atoms with E-state index in [1.807, 2.05) is 6.92 Å². The summed E-state index contributed by atoms with van der Waals surface area (Å²) in [7, 11) is 1.55. The molecule has 0 saturated carbocycles. The fraction of sp³-hybridized carbons (Fsp3) is 0.235. The summed E-state index contributed by atoms with van der Waals surface area (Å²) in [6.45, 7) is 1.63. The van der Waals surface area contributed by atoms with Gasteiger partial charge in [0.15, 0.2) is 0 Å². The van der Waals surface area contributed by atoms with Crippen LogP contribution in [0, 0.1) is 6.92 Å². The topological polar surface area (TPSA) is 75.3 Å². The Bertz CT molecular complexity index is 797. The van der Waals surface area contributed by atoms with Crippen LogP contribution >= 0.6 is 0 Å². The minimum Gasteiger partial charge on any atom is -0.497 e. The van der Waals surface area contributed by atoms with Crippen molar-refractivity contribution in [3.8, 4) is 5.75 Å². The molecular weight excluding hydrogens is 310 g/mol. The number of hydrazone groups is 1. The highest BCUT2D eigenvalue weighted by molar-refractivity contribution is 6.04. The van der Waals surface area contributed by atoms with Gasteiger partial charge >= 0.3 is 0 Å². The van der Waals surface area contributed by atoms with E-state index < -0.39 is 0 Å². The number of amides is 2. The Labute approximate surface area is 139 Å². The molecule has 0 aliphatic carbocycles.